The third-order valence-corrected chi connectivity index (χ3v) is 2.11. The predicted octanol–water partition coefficient (Wildman–Crippen LogP) is 1.83. The Bertz CT molecular complexity index is 429. The number of hydrogen-bond donors (Lipinski definition) is 1. The summed E-state index contributed by atoms with van der Waals surface area (Å²) >= 11 is 0. The van der Waals surface area contributed by atoms with Crippen LogP contribution >= 0.6 is 0 Å². The van der Waals surface area contributed by atoms with Crippen molar-refractivity contribution in [3.63, 3.8) is 0 Å². The van der Waals surface area contributed by atoms with Crippen LogP contribution in [-0.4, -0.2) is 15.6 Å². The molecule has 0 aromatic heterocycles. The van der Waals surface area contributed by atoms with Crippen LogP contribution in [0, 0.1) is 0 Å². The first-order chi connectivity index (χ1) is 6.33. The molecule has 0 fully saturated rings. The minimum atomic E-state index is 0.217. The van der Waals surface area contributed by atoms with Crippen LogP contribution in [0.15, 0.2) is 24.3 Å². The predicted molar refractivity (Wildman–Crippen MR) is 49.5 cm³/mol. The van der Waals surface area contributed by atoms with Gasteiger partial charge in [-0.05, 0) is 12.1 Å². The highest BCUT2D eigenvalue weighted by molar-refractivity contribution is 6.03. The molecule has 0 heterocycles. The molecular weight excluding hydrogens is 164 g/mol. The molecule has 1 N–H and O–H groups in total. The van der Waals surface area contributed by atoms with Crippen LogP contribution in [0.3, 0.4) is 0 Å². The first-order valence-electron chi connectivity index (χ1n) is 4.03. The van der Waals surface area contributed by atoms with E-state index in [9.17, 15) is 5.11 Å². The lowest BCUT2D eigenvalue weighted by atomic mass is 9.95. The van der Waals surface area contributed by atoms with Crippen molar-refractivity contribution in [2.75, 3.05) is 0 Å². The van der Waals surface area contributed by atoms with Crippen molar-refractivity contribution in [2.24, 2.45) is 0 Å². The summed E-state index contributed by atoms with van der Waals surface area (Å²) in [6.45, 7) is 0. The molecule has 1 aliphatic rings. The summed E-state index contributed by atoms with van der Waals surface area (Å²) in [6, 6.07) is 5.18. The monoisotopic (exact) mass is 172 g/mol. The Balaban J connectivity index is 2.73. The van der Waals surface area contributed by atoms with E-state index in [1.54, 1.807) is 12.1 Å². The van der Waals surface area contributed by atoms with E-state index < -0.39 is 0 Å². The first kappa shape index (κ1) is 7.77. The van der Waals surface area contributed by atoms with E-state index in [0.29, 0.717) is 12.1 Å². The van der Waals surface area contributed by atoms with E-state index in [0.717, 1.165) is 11.1 Å². The number of benzene rings is 1. The van der Waals surface area contributed by atoms with E-state index in [1.165, 1.54) is 0 Å². The highest BCUT2D eigenvalue weighted by Crippen LogP contribution is 2.26. The lowest BCUT2D eigenvalue weighted by Gasteiger charge is -2.07. The largest absolute Gasteiger partial charge is 0.507 e. The zero-order chi connectivity index (χ0) is 9.26. The molecule has 0 bridgehead atoms. The van der Waals surface area contributed by atoms with Gasteiger partial charge in [-0.2, -0.15) is 4.79 Å². The van der Waals surface area contributed by atoms with Gasteiger partial charge >= 0.3 is 5.71 Å². The number of hydrogen-bond acceptors (Lipinski definition) is 1. The quantitative estimate of drug-likeness (QED) is 0.471. The van der Waals surface area contributed by atoms with Crippen molar-refractivity contribution < 1.29 is 9.90 Å². The third kappa shape index (κ3) is 1.15. The van der Waals surface area contributed by atoms with Gasteiger partial charge < -0.3 is 10.6 Å². The molecule has 0 radical (unpaired) electrons. The van der Waals surface area contributed by atoms with Crippen molar-refractivity contribution in [1.29, 1.82) is 0 Å². The normalized spacial score (nSPS) is 13.7. The first-order valence-corrected chi connectivity index (χ1v) is 4.03. The van der Waals surface area contributed by atoms with Gasteiger partial charge in [0.1, 0.15) is 5.75 Å². The number of allylic oxidation sites excluding steroid dienone is 1. The summed E-state index contributed by atoms with van der Waals surface area (Å²) in [4.78, 5) is 3.18. The molecule has 3 heteroatoms. The van der Waals surface area contributed by atoms with Gasteiger partial charge in [-0.1, -0.05) is 18.2 Å². The maximum Gasteiger partial charge on any atom is 0.303 e. The van der Waals surface area contributed by atoms with Crippen molar-refractivity contribution in [3.8, 4) is 5.75 Å². The molecule has 0 amide bonds. The van der Waals surface area contributed by atoms with Crippen LogP contribution in [0.5, 0.6) is 5.75 Å². The van der Waals surface area contributed by atoms with Gasteiger partial charge in [0.25, 0.3) is 0 Å². The van der Waals surface area contributed by atoms with Gasteiger partial charge in [-0.25, -0.2) is 0 Å². The lowest BCUT2D eigenvalue weighted by Crippen LogP contribution is -2.06. The molecule has 0 saturated carbocycles. The van der Waals surface area contributed by atoms with Gasteiger partial charge in [0.05, 0.1) is 12.0 Å². The van der Waals surface area contributed by atoms with Crippen LogP contribution < -0.4 is 0 Å². The average molecular weight is 172 g/mol. The number of fused-ring (bicyclic) bond motifs is 1. The minimum Gasteiger partial charge on any atom is -0.507 e. The highest BCUT2D eigenvalue weighted by Gasteiger charge is 2.19. The summed E-state index contributed by atoms with van der Waals surface area (Å²) in [5, 5.41) is 9.48. The fourth-order valence-corrected chi connectivity index (χ4v) is 1.47. The molecule has 2 rings (SSSR count). The van der Waals surface area contributed by atoms with Crippen LogP contribution in [0.4, 0.5) is 0 Å². The van der Waals surface area contributed by atoms with Crippen molar-refractivity contribution in [3.05, 3.63) is 40.9 Å². The van der Waals surface area contributed by atoms with Crippen molar-refractivity contribution in [2.45, 2.75) is 6.42 Å². The Morgan fingerprint density at radius 3 is 3.00 bits per heavy atom. The van der Waals surface area contributed by atoms with Gasteiger partial charge in [0.15, 0.2) is 0 Å². The van der Waals surface area contributed by atoms with E-state index >= 15 is 0 Å². The molecule has 0 unspecified atom stereocenters. The number of aromatic hydroxyl groups is 1. The van der Waals surface area contributed by atoms with E-state index in [4.69, 9.17) is 5.53 Å². The molecule has 0 spiro atoms. The SMILES string of the molecule is [N-]=[N+]=C1CC=Cc2c(O)cccc21. The molecule has 64 valence electrons. The second kappa shape index (κ2) is 2.88. The summed E-state index contributed by atoms with van der Waals surface area (Å²) in [7, 11) is 0. The topological polar surface area (TPSA) is 56.6 Å². The highest BCUT2D eigenvalue weighted by atomic mass is 16.3. The number of rotatable bonds is 0. The molecule has 3 nitrogen and oxygen atoms in total. The van der Waals surface area contributed by atoms with Crippen LogP contribution in [-0.2, 0) is 0 Å². The van der Waals surface area contributed by atoms with Crippen LogP contribution in [0.1, 0.15) is 17.5 Å². The minimum absolute atomic E-state index is 0.217. The summed E-state index contributed by atoms with van der Waals surface area (Å²) in [5.41, 5.74) is 10.8. The Morgan fingerprint density at radius 1 is 1.38 bits per heavy atom. The molecule has 1 aromatic rings. The van der Waals surface area contributed by atoms with E-state index in [2.05, 4.69) is 4.79 Å². The molecule has 0 saturated heterocycles. The molecule has 1 aliphatic carbocycles. The maximum absolute atomic E-state index is 9.48. The number of phenols is 1. The fraction of sp³-hybridized carbons (Fsp3) is 0.100. The average Bonchev–Trinajstić information content (AvgIpc) is 2.18. The standard InChI is InChI=1S/C10H8N2O/c11-12-9-5-1-4-8-7(9)3-2-6-10(8)13/h1-4,6,13H,5H2. The fourth-order valence-electron chi connectivity index (χ4n) is 1.47. The molecule has 13 heavy (non-hydrogen) atoms. The summed E-state index contributed by atoms with van der Waals surface area (Å²) < 4.78 is 0. The molecular formula is C10H8N2O. The van der Waals surface area contributed by atoms with Gasteiger partial charge in [-0.15, -0.1) is 0 Å². The molecule has 1 aromatic carbocycles. The van der Waals surface area contributed by atoms with E-state index in [1.807, 2.05) is 18.2 Å². The summed E-state index contributed by atoms with van der Waals surface area (Å²) in [6.07, 6.45) is 4.30. The van der Waals surface area contributed by atoms with Crippen LogP contribution in [0.25, 0.3) is 11.6 Å². The Hall–Kier alpha value is -1.86. The maximum atomic E-state index is 9.48. The smallest absolute Gasteiger partial charge is 0.303 e. The summed E-state index contributed by atoms with van der Waals surface area (Å²) in [5.74, 6) is 0.217. The van der Waals surface area contributed by atoms with Gasteiger partial charge in [0.2, 0.25) is 0 Å². The third-order valence-electron chi connectivity index (χ3n) is 2.11. The number of phenolic OH excluding ortho intramolecular Hbond substituents is 1. The Morgan fingerprint density at radius 2 is 2.23 bits per heavy atom. The second-order valence-corrected chi connectivity index (χ2v) is 2.89. The lowest BCUT2D eigenvalue weighted by molar-refractivity contribution is -0.00609. The number of nitrogens with zero attached hydrogens (tertiary/aromatic N) is 2. The second-order valence-electron chi connectivity index (χ2n) is 2.89. The van der Waals surface area contributed by atoms with Crippen molar-refractivity contribution >= 4 is 11.8 Å². The van der Waals surface area contributed by atoms with E-state index in [-0.39, 0.29) is 5.75 Å². The zero-order valence-corrected chi connectivity index (χ0v) is 6.94. The zero-order valence-electron chi connectivity index (χ0n) is 6.94. The Labute approximate surface area is 75.6 Å². The molecule has 0 atom stereocenters. The van der Waals surface area contributed by atoms with Gasteiger partial charge in [0, 0.05) is 5.56 Å². The van der Waals surface area contributed by atoms with Gasteiger partial charge in [-0.3, -0.25) is 0 Å². The Kier molecular flexibility index (Phi) is 1.72. The van der Waals surface area contributed by atoms with Crippen molar-refractivity contribution in [1.82, 2.24) is 0 Å². The molecule has 0 aliphatic heterocycles. The van der Waals surface area contributed by atoms with Crippen LogP contribution in [0.2, 0.25) is 0 Å².